The van der Waals surface area contributed by atoms with Crippen LogP contribution in [0.4, 0.5) is 33.6 Å². The van der Waals surface area contributed by atoms with Gasteiger partial charge in [0, 0.05) is 23.6 Å². The first-order chi connectivity index (χ1) is 13.9. The molecule has 0 spiro atoms. The van der Waals surface area contributed by atoms with Crippen LogP contribution in [0.15, 0.2) is 42.9 Å². The number of halogens is 5. The smallest absolute Gasteiger partial charge is 0.379 e. The summed E-state index contributed by atoms with van der Waals surface area (Å²) in [4.78, 5) is 7.65. The van der Waals surface area contributed by atoms with Gasteiger partial charge in [-0.2, -0.15) is 18.3 Å². The number of aryl methyl sites for hydroxylation is 1. The van der Waals surface area contributed by atoms with E-state index in [0.29, 0.717) is 23.7 Å². The van der Waals surface area contributed by atoms with E-state index >= 15 is 0 Å². The maximum atomic E-state index is 12.9. The first-order valence-electron chi connectivity index (χ1n) is 8.76. The molecule has 30 heavy (non-hydrogen) atoms. The molecule has 0 aliphatic heterocycles. The van der Waals surface area contributed by atoms with E-state index < -0.39 is 30.4 Å². The second kappa shape index (κ2) is 7.98. The van der Waals surface area contributed by atoms with Gasteiger partial charge in [0.2, 0.25) is 5.95 Å². The minimum absolute atomic E-state index is 0.0127. The largest absolute Gasteiger partial charge is 0.418 e. The normalized spacial score (nSPS) is 14.0. The summed E-state index contributed by atoms with van der Waals surface area (Å²) in [5.41, 5.74) is -0.898. The van der Waals surface area contributed by atoms with Gasteiger partial charge in [-0.15, -0.1) is 0 Å². The van der Waals surface area contributed by atoms with E-state index in [9.17, 15) is 27.1 Å². The molecule has 0 fully saturated rings. The molecule has 0 amide bonds. The standard InChI is InChI=1S/C19H18F5N5O/c1-11-5-12(13-8-26-29(9-13)10-18(2,30)19(22,23)24)7-14(6-11)27-17-25-4-3-15(28-17)16(20)21/h3-9,16,30H,10H2,1-2H3,(H,25,27,28)/t18-/m0/s1. The zero-order valence-electron chi connectivity index (χ0n) is 16.0. The third-order valence-corrected chi connectivity index (χ3v) is 4.28. The summed E-state index contributed by atoms with van der Waals surface area (Å²) in [6.07, 6.45) is -3.57. The Morgan fingerprint density at radius 1 is 1.17 bits per heavy atom. The van der Waals surface area contributed by atoms with Crippen LogP contribution in [-0.4, -0.2) is 36.6 Å². The lowest BCUT2D eigenvalue weighted by molar-refractivity contribution is -0.258. The summed E-state index contributed by atoms with van der Waals surface area (Å²) in [7, 11) is 0. The van der Waals surface area contributed by atoms with Gasteiger partial charge in [-0.25, -0.2) is 18.7 Å². The number of benzene rings is 1. The van der Waals surface area contributed by atoms with Crippen LogP contribution in [-0.2, 0) is 6.54 Å². The van der Waals surface area contributed by atoms with Crippen molar-refractivity contribution in [1.29, 1.82) is 0 Å². The van der Waals surface area contributed by atoms with Crippen molar-refractivity contribution >= 4 is 11.6 Å². The second-order valence-electron chi connectivity index (χ2n) is 7.02. The molecule has 3 rings (SSSR count). The van der Waals surface area contributed by atoms with Gasteiger partial charge < -0.3 is 10.4 Å². The summed E-state index contributed by atoms with van der Waals surface area (Å²) in [5.74, 6) is -0.0127. The molecular weight excluding hydrogens is 409 g/mol. The zero-order valence-corrected chi connectivity index (χ0v) is 16.0. The van der Waals surface area contributed by atoms with E-state index in [1.807, 2.05) is 0 Å². The van der Waals surface area contributed by atoms with Crippen molar-refractivity contribution in [2.24, 2.45) is 0 Å². The van der Waals surface area contributed by atoms with Crippen LogP contribution in [0.1, 0.15) is 24.6 Å². The predicted octanol–water partition coefficient (Wildman–Crippen LogP) is 4.64. The molecule has 1 atom stereocenters. The Morgan fingerprint density at radius 3 is 2.57 bits per heavy atom. The maximum absolute atomic E-state index is 12.9. The summed E-state index contributed by atoms with van der Waals surface area (Å²) in [5, 5.41) is 16.4. The molecule has 0 aliphatic rings. The van der Waals surface area contributed by atoms with Crippen molar-refractivity contribution in [3.8, 4) is 11.1 Å². The van der Waals surface area contributed by atoms with E-state index in [1.54, 1.807) is 25.1 Å². The van der Waals surface area contributed by atoms with Gasteiger partial charge in [0.05, 0.1) is 12.7 Å². The molecule has 2 aromatic heterocycles. The molecule has 0 unspecified atom stereocenters. The van der Waals surface area contributed by atoms with Crippen molar-refractivity contribution in [3.05, 3.63) is 54.1 Å². The Morgan fingerprint density at radius 2 is 1.90 bits per heavy atom. The maximum Gasteiger partial charge on any atom is 0.418 e. The van der Waals surface area contributed by atoms with E-state index in [-0.39, 0.29) is 5.95 Å². The number of alkyl halides is 5. The van der Waals surface area contributed by atoms with Crippen LogP contribution in [0.5, 0.6) is 0 Å². The minimum Gasteiger partial charge on any atom is -0.379 e. The lowest BCUT2D eigenvalue weighted by Gasteiger charge is -2.25. The van der Waals surface area contributed by atoms with E-state index in [0.717, 1.165) is 16.3 Å². The van der Waals surface area contributed by atoms with Gasteiger partial charge in [0.1, 0.15) is 5.69 Å². The van der Waals surface area contributed by atoms with Gasteiger partial charge in [0.25, 0.3) is 6.43 Å². The quantitative estimate of drug-likeness (QED) is 0.561. The SMILES string of the molecule is Cc1cc(Nc2nccc(C(F)F)n2)cc(-c2cnn(C[C@](C)(O)C(F)(F)F)c2)c1. The van der Waals surface area contributed by atoms with Gasteiger partial charge in [-0.05, 0) is 43.2 Å². The Bertz CT molecular complexity index is 1030. The number of rotatable bonds is 6. The van der Waals surface area contributed by atoms with Gasteiger partial charge in [0.15, 0.2) is 5.60 Å². The molecule has 11 heteroatoms. The number of nitrogens with one attached hydrogen (secondary N) is 1. The topological polar surface area (TPSA) is 75.9 Å². The van der Waals surface area contributed by atoms with Crippen LogP contribution in [0.3, 0.4) is 0 Å². The Labute approximate surface area is 168 Å². The molecular formula is C19H18F5N5O. The number of aliphatic hydroxyl groups is 1. The highest BCUT2D eigenvalue weighted by atomic mass is 19.4. The third-order valence-electron chi connectivity index (χ3n) is 4.28. The van der Waals surface area contributed by atoms with Crippen LogP contribution in [0.2, 0.25) is 0 Å². The molecule has 1 aromatic carbocycles. The predicted molar refractivity (Wildman–Crippen MR) is 99.4 cm³/mol. The van der Waals surface area contributed by atoms with Crippen molar-refractivity contribution in [1.82, 2.24) is 19.7 Å². The van der Waals surface area contributed by atoms with E-state index in [4.69, 9.17) is 0 Å². The van der Waals surface area contributed by atoms with Gasteiger partial charge >= 0.3 is 6.18 Å². The molecule has 2 N–H and O–H groups in total. The second-order valence-corrected chi connectivity index (χ2v) is 7.02. The average Bonchev–Trinajstić information content (AvgIpc) is 3.08. The zero-order chi connectivity index (χ0) is 22.1. The molecule has 0 saturated heterocycles. The fourth-order valence-corrected chi connectivity index (χ4v) is 2.71. The highest BCUT2D eigenvalue weighted by molar-refractivity contribution is 5.70. The van der Waals surface area contributed by atoms with Crippen molar-refractivity contribution < 1.29 is 27.1 Å². The van der Waals surface area contributed by atoms with Crippen LogP contribution in [0.25, 0.3) is 11.1 Å². The van der Waals surface area contributed by atoms with E-state index in [1.165, 1.54) is 18.6 Å². The molecule has 0 aliphatic carbocycles. The third kappa shape index (κ3) is 4.90. The lowest BCUT2D eigenvalue weighted by Crippen LogP contribution is -2.45. The molecule has 0 bridgehead atoms. The van der Waals surface area contributed by atoms with Crippen LogP contribution < -0.4 is 5.32 Å². The number of hydrogen-bond acceptors (Lipinski definition) is 5. The number of anilines is 2. The Kier molecular flexibility index (Phi) is 5.75. The summed E-state index contributed by atoms with van der Waals surface area (Å²) >= 11 is 0. The number of nitrogens with zero attached hydrogens (tertiary/aromatic N) is 4. The van der Waals surface area contributed by atoms with Crippen LogP contribution >= 0.6 is 0 Å². The number of hydrogen-bond donors (Lipinski definition) is 2. The van der Waals surface area contributed by atoms with Gasteiger partial charge in [-0.3, -0.25) is 4.68 Å². The Balaban J connectivity index is 1.84. The van der Waals surface area contributed by atoms with Crippen LogP contribution in [0, 0.1) is 6.92 Å². The average molecular weight is 427 g/mol. The monoisotopic (exact) mass is 427 g/mol. The number of aromatic nitrogens is 4. The molecule has 160 valence electrons. The summed E-state index contributed by atoms with van der Waals surface area (Å²) in [6.45, 7) is 1.71. The highest BCUT2D eigenvalue weighted by Crippen LogP contribution is 2.32. The summed E-state index contributed by atoms with van der Waals surface area (Å²) in [6, 6.07) is 6.29. The van der Waals surface area contributed by atoms with Crippen molar-refractivity contribution in [3.63, 3.8) is 0 Å². The molecule has 3 aromatic rings. The molecule has 0 radical (unpaired) electrons. The van der Waals surface area contributed by atoms with E-state index in [2.05, 4.69) is 20.4 Å². The summed E-state index contributed by atoms with van der Waals surface area (Å²) < 4.78 is 65.3. The van der Waals surface area contributed by atoms with Gasteiger partial charge in [-0.1, -0.05) is 6.07 Å². The first kappa shape index (κ1) is 21.6. The lowest BCUT2D eigenvalue weighted by atomic mass is 10.1. The minimum atomic E-state index is -4.80. The highest BCUT2D eigenvalue weighted by Gasteiger charge is 2.50. The molecule has 0 saturated carbocycles. The molecule has 2 heterocycles. The Hall–Kier alpha value is -3.08. The first-order valence-corrected chi connectivity index (χ1v) is 8.76. The fraction of sp³-hybridized carbons (Fsp3) is 0.316. The molecule has 6 nitrogen and oxygen atoms in total. The van der Waals surface area contributed by atoms with Crippen molar-refractivity contribution in [2.45, 2.75) is 38.6 Å². The fourth-order valence-electron chi connectivity index (χ4n) is 2.71. The van der Waals surface area contributed by atoms with Crippen molar-refractivity contribution in [2.75, 3.05) is 5.32 Å².